The van der Waals surface area contributed by atoms with Crippen LogP contribution >= 0.6 is 0 Å². The van der Waals surface area contributed by atoms with Gasteiger partial charge in [-0.15, -0.1) is 0 Å². The zero-order chi connectivity index (χ0) is 21.2. The highest BCUT2D eigenvalue weighted by Crippen LogP contribution is 2.34. The average Bonchev–Trinajstić information content (AvgIpc) is 3.50. The van der Waals surface area contributed by atoms with Gasteiger partial charge in [0.15, 0.2) is 5.82 Å². The molecule has 11 heteroatoms. The Morgan fingerprint density at radius 2 is 1.86 bits per heavy atom. The van der Waals surface area contributed by atoms with Gasteiger partial charge in [-0.05, 0) is 37.8 Å². The lowest BCUT2D eigenvalue weighted by Gasteiger charge is -2.15. The van der Waals surface area contributed by atoms with Crippen LogP contribution in [0.4, 0.5) is 25.1 Å². The Bertz CT molecular complexity index is 884. The minimum Gasteiger partial charge on any atom is -0.351 e. The van der Waals surface area contributed by atoms with Crippen molar-refractivity contribution in [3.05, 3.63) is 23.9 Å². The first-order chi connectivity index (χ1) is 13.6. The van der Waals surface area contributed by atoms with Gasteiger partial charge in [-0.3, -0.25) is 4.79 Å². The van der Waals surface area contributed by atoms with Gasteiger partial charge < -0.3 is 15.5 Å². The molecular weight excluding hydrogens is 387 g/mol. The summed E-state index contributed by atoms with van der Waals surface area (Å²) in [4.78, 5) is 29.5. The molecule has 0 radical (unpaired) electrons. The van der Waals surface area contributed by atoms with Gasteiger partial charge in [-0.2, -0.15) is 28.1 Å². The molecule has 29 heavy (non-hydrogen) atoms. The highest BCUT2D eigenvalue weighted by molar-refractivity contribution is 5.79. The zero-order valence-corrected chi connectivity index (χ0v) is 16.3. The summed E-state index contributed by atoms with van der Waals surface area (Å²) in [7, 11) is 3.22. The topological polar surface area (TPSA) is 95.9 Å². The van der Waals surface area contributed by atoms with E-state index in [1.165, 1.54) is 17.0 Å². The van der Waals surface area contributed by atoms with E-state index in [0.717, 1.165) is 18.9 Å². The van der Waals surface area contributed by atoms with E-state index in [4.69, 9.17) is 0 Å². The lowest BCUT2D eigenvalue weighted by Crippen LogP contribution is -2.29. The highest BCUT2D eigenvalue weighted by atomic mass is 19.4. The fraction of sp³-hybridized carbons (Fsp3) is 0.500. The maximum atomic E-state index is 13.0. The number of nitrogens with one attached hydrogen (secondary N) is 2. The number of alkyl halides is 3. The lowest BCUT2D eigenvalue weighted by molar-refractivity contribution is -0.141. The Kier molecular flexibility index (Phi) is 5.85. The number of aromatic nitrogens is 4. The maximum absolute atomic E-state index is 13.0. The molecule has 1 amide bonds. The van der Waals surface area contributed by atoms with Gasteiger partial charge in [0.05, 0.1) is 6.54 Å². The minimum atomic E-state index is -4.58. The molecule has 2 aromatic heterocycles. The van der Waals surface area contributed by atoms with Crippen LogP contribution in [0, 0.1) is 5.92 Å². The summed E-state index contributed by atoms with van der Waals surface area (Å²) in [6.45, 7) is 1.93. The Hall–Kier alpha value is -2.98. The van der Waals surface area contributed by atoms with Crippen LogP contribution in [-0.2, 0) is 11.0 Å². The first kappa shape index (κ1) is 20.7. The molecule has 0 spiro atoms. The van der Waals surface area contributed by atoms with Gasteiger partial charge in [0, 0.05) is 20.1 Å². The van der Waals surface area contributed by atoms with Crippen molar-refractivity contribution in [2.24, 2.45) is 5.92 Å². The van der Waals surface area contributed by atoms with E-state index in [1.807, 2.05) is 6.92 Å². The van der Waals surface area contributed by atoms with Crippen molar-refractivity contribution in [1.29, 1.82) is 0 Å². The Labute approximate surface area is 166 Å². The molecule has 2 N–H and O–H groups in total. The van der Waals surface area contributed by atoms with E-state index in [1.54, 1.807) is 14.1 Å². The predicted molar refractivity (Wildman–Crippen MR) is 101 cm³/mol. The van der Waals surface area contributed by atoms with Crippen LogP contribution in [0.15, 0.2) is 18.2 Å². The van der Waals surface area contributed by atoms with Crippen molar-refractivity contribution >= 4 is 17.8 Å². The van der Waals surface area contributed by atoms with Gasteiger partial charge in [-0.25, -0.2) is 4.98 Å². The number of nitrogens with zero attached hydrogens (tertiary/aromatic N) is 5. The Balaban J connectivity index is 1.92. The van der Waals surface area contributed by atoms with E-state index in [9.17, 15) is 18.0 Å². The van der Waals surface area contributed by atoms with Gasteiger partial charge in [0.25, 0.3) is 0 Å². The predicted octanol–water partition coefficient (Wildman–Crippen LogP) is 2.66. The van der Waals surface area contributed by atoms with E-state index in [2.05, 4.69) is 30.6 Å². The SMILES string of the molecule is CC(Nc1nc(NCC(=O)N(C)C)nc(-c2cccc(C(F)(F)F)n2)n1)C1CC1. The first-order valence-corrected chi connectivity index (χ1v) is 9.14. The number of carbonyl (C=O) groups excluding carboxylic acids is 1. The molecular formula is C18H22F3N7O. The number of carbonyl (C=O) groups is 1. The van der Waals surface area contributed by atoms with Crippen molar-refractivity contribution < 1.29 is 18.0 Å². The molecule has 0 aliphatic heterocycles. The van der Waals surface area contributed by atoms with E-state index in [-0.39, 0.29) is 41.9 Å². The fourth-order valence-electron chi connectivity index (χ4n) is 2.58. The molecule has 3 rings (SSSR count). The molecule has 156 valence electrons. The van der Waals surface area contributed by atoms with Crippen LogP contribution in [0.5, 0.6) is 0 Å². The van der Waals surface area contributed by atoms with Gasteiger partial charge >= 0.3 is 6.18 Å². The number of hydrogen-bond acceptors (Lipinski definition) is 7. The third kappa shape index (κ3) is 5.52. The van der Waals surface area contributed by atoms with Crippen molar-refractivity contribution in [1.82, 2.24) is 24.8 Å². The van der Waals surface area contributed by atoms with Gasteiger partial charge in [0.2, 0.25) is 17.8 Å². The van der Waals surface area contributed by atoms with Crippen LogP contribution in [0.25, 0.3) is 11.5 Å². The molecule has 0 bridgehead atoms. The second-order valence-electron chi connectivity index (χ2n) is 7.12. The second-order valence-corrected chi connectivity index (χ2v) is 7.12. The monoisotopic (exact) mass is 409 g/mol. The summed E-state index contributed by atoms with van der Waals surface area (Å²) in [6.07, 6.45) is -2.38. The molecule has 1 aliphatic rings. The molecule has 1 atom stereocenters. The van der Waals surface area contributed by atoms with Gasteiger partial charge in [-0.1, -0.05) is 6.07 Å². The Morgan fingerprint density at radius 1 is 1.17 bits per heavy atom. The third-order valence-electron chi connectivity index (χ3n) is 4.49. The Morgan fingerprint density at radius 3 is 2.48 bits per heavy atom. The molecule has 1 saturated carbocycles. The smallest absolute Gasteiger partial charge is 0.351 e. The number of halogens is 3. The number of rotatable bonds is 7. The van der Waals surface area contributed by atoms with Gasteiger partial charge in [0.1, 0.15) is 11.4 Å². The number of anilines is 2. The van der Waals surface area contributed by atoms with Crippen molar-refractivity contribution in [3.8, 4) is 11.5 Å². The number of likely N-dealkylation sites (N-methyl/N-ethyl adjacent to an activating group) is 1. The molecule has 2 aromatic rings. The van der Waals surface area contributed by atoms with Crippen LogP contribution in [0.1, 0.15) is 25.5 Å². The molecule has 1 aliphatic carbocycles. The summed E-state index contributed by atoms with van der Waals surface area (Å²) >= 11 is 0. The maximum Gasteiger partial charge on any atom is 0.433 e. The van der Waals surface area contributed by atoms with Crippen molar-refractivity contribution in [3.63, 3.8) is 0 Å². The quantitative estimate of drug-likeness (QED) is 0.726. The average molecular weight is 409 g/mol. The standard InChI is InChI=1S/C18H22F3N7O/c1-10(11-7-8-11)23-17-26-15(12-5-4-6-13(24-12)18(19,20)21)25-16(27-17)22-9-14(29)28(2)3/h4-6,10-11H,7-9H2,1-3H3,(H2,22,23,25,26,27). The van der Waals surface area contributed by atoms with Crippen molar-refractivity contribution in [2.75, 3.05) is 31.3 Å². The number of hydrogen-bond donors (Lipinski definition) is 2. The van der Waals surface area contributed by atoms with E-state index >= 15 is 0 Å². The normalized spacial score (nSPS) is 15.0. The van der Waals surface area contributed by atoms with Crippen LogP contribution in [0.2, 0.25) is 0 Å². The highest BCUT2D eigenvalue weighted by Gasteiger charge is 2.33. The molecule has 1 fully saturated rings. The number of pyridine rings is 1. The van der Waals surface area contributed by atoms with E-state index in [0.29, 0.717) is 5.92 Å². The molecule has 0 saturated heterocycles. The molecule has 0 aromatic carbocycles. The van der Waals surface area contributed by atoms with Crippen molar-refractivity contribution in [2.45, 2.75) is 32.0 Å². The third-order valence-corrected chi connectivity index (χ3v) is 4.49. The molecule has 1 unspecified atom stereocenters. The van der Waals surface area contributed by atoms with Crippen LogP contribution in [-0.4, -0.2) is 57.4 Å². The second kappa shape index (κ2) is 8.18. The van der Waals surface area contributed by atoms with E-state index < -0.39 is 11.9 Å². The molecule has 2 heterocycles. The first-order valence-electron chi connectivity index (χ1n) is 9.14. The van der Waals surface area contributed by atoms with Crippen LogP contribution < -0.4 is 10.6 Å². The minimum absolute atomic E-state index is 0.0172. The summed E-state index contributed by atoms with van der Waals surface area (Å²) in [6, 6.07) is 3.63. The fourth-order valence-corrected chi connectivity index (χ4v) is 2.58. The largest absolute Gasteiger partial charge is 0.433 e. The summed E-state index contributed by atoms with van der Waals surface area (Å²) < 4.78 is 39.0. The summed E-state index contributed by atoms with van der Waals surface area (Å²) in [5.41, 5.74) is -1.07. The lowest BCUT2D eigenvalue weighted by atomic mass is 10.2. The number of amides is 1. The molecule has 8 nitrogen and oxygen atoms in total. The summed E-state index contributed by atoms with van der Waals surface area (Å²) in [5.74, 6) is 0.582. The summed E-state index contributed by atoms with van der Waals surface area (Å²) in [5, 5.41) is 5.96. The zero-order valence-electron chi connectivity index (χ0n) is 16.3. The van der Waals surface area contributed by atoms with Crippen LogP contribution in [0.3, 0.4) is 0 Å².